The normalized spacial score (nSPS) is 12.5. The summed E-state index contributed by atoms with van der Waals surface area (Å²) in [5.41, 5.74) is -0.520. The van der Waals surface area contributed by atoms with Gasteiger partial charge in [0.05, 0.1) is 4.83 Å². The highest BCUT2D eigenvalue weighted by atomic mass is 79.9. The van der Waals surface area contributed by atoms with Gasteiger partial charge in [0, 0.05) is 5.56 Å². The summed E-state index contributed by atoms with van der Waals surface area (Å²) in [7, 11) is 0. The van der Waals surface area contributed by atoms with Crippen molar-refractivity contribution >= 4 is 15.9 Å². The maximum absolute atomic E-state index is 13.6. The van der Waals surface area contributed by atoms with Crippen molar-refractivity contribution in [3.8, 4) is 0 Å². The van der Waals surface area contributed by atoms with E-state index in [1.165, 1.54) is 12.1 Å². The summed E-state index contributed by atoms with van der Waals surface area (Å²) >= 11 is 2.95. The lowest BCUT2D eigenvalue weighted by Gasteiger charge is -2.14. The van der Waals surface area contributed by atoms with Crippen LogP contribution in [0, 0.1) is 29.1 Å². The van der Waals surface area contributed by atoms with Crippen LogP contribution in [0.2, 0.25) is 0 Å². The Morgan fingerprint density at radius 3 is 1.58 bits per heavy atom. The highest BCUT2D eigenvalue weighted by Crippen LogP contribution is 2.36. The van der Waals surface area contributed by atoms with Crippen molar-refractivity contribution in [3.63, 3.8) is 0 Å². The van der Waals surface area contributed by atoms with Gasteiger partial charge in [-0.25, -0.2) is 22.0 Å². The zero-order valence-corrected chi connectivity index (χ0v) is 10.8. The maximum Gasteiger partial charge on any atom is 0.200 e. The lowest BCUT2D eigenvalue weighted by Crippen LogP contribution is -2.09. The van der Waals surface area contributed by atoms with Gasteiger partial charge in [0.2, 0.25) is 5.82 Å². The average molecular weight is 337 g/mol. The van der Waals surface area contributed by atoms with Crippen LogP contribution in [0.3, 0.4) is 0 Å². The highest BCUT2D eigenvalue weighted by Gasteiger charge is 2.29. The molecule has 0 radical (unpaired) electrons. The van der Waals surface area contributed by atoms with Crippen LogP contribution in [0.5, 0.6) is 0 Å². The van der Waals surface area contributed by atoms with Gasteiger partial charge in [-0.15, -0.1) is 0 Å². The number of rotatable bonds is 2. The Hall–Kier alpha value is -1.43. The van der Waals surface area contributed by atoms with Crippen molar-refractivity contribution in [2.75, 3.05) is 0 Å². The molecule has 0 N–H and O–H groups in total. The van der Waals surface area contributed by atoms with E-state index >= 15 is 0 Å². The third kappa shape index (κ3) is 2.36. The molecule has 19 heavy (non-hydrogen) atoms. The van der Waals surface area contributed by atoms with E-state index in [0.29, 0.717) is 5.56 Å². The van der Waals surface area contributed by atoms with Crippen LogP contribution in [0.1, 0.15) is 16.0 Å². The third-order valence-electron chi connectivity index (χ3n) is 2.59. The number of hydrogen-bond acceptors (Lipinski definition) is 0. The van der Waals surface area contributed by atoms with Crippen LogP contribution in [0.25, 0.3) is 0 Å². The van der Waals surface area contributed by atoms with E-state index in [0.717, 1.165) is 0 Å². The predicted molar refractivity (Wildman–Crippen MR) is 63.4 cm³/mol. The first kappa shape index (κ1) is 14.0. The quantitative estimate of drug-likeness (QED) is 0.318. The molecule has 6 heteroatoms. The second-order valence-corrected chi connectivity index (χ2v) is 4.67. The van der Waals surface area contributed by atoms with Crippen LogP contribution in [-0.2, 0) is 0 Å². The van der Waals surface area contributed by atoms with Crippen molar-refractivity contribution in [2.24, 2.45) is 0 Å². The van der Waals surface area contributed by atoms with Gasteiger partial charge in [0.25, 0.3) is 0 Å². The van der Waals surface area contributed by atoms with Crippen LogP contribution in [-0.4, -0.2) is 0 Å². The van der Waals surface area contributed by atoms with Crippen molar-refractivity contribution in [2.45, 2.75) is 4.83 Å². The van der Waals surface area contributed by atoms with Gasteiger partial charge in [-0.05, 0) is 5.56 Å². The first-order valence-corrected chi connectivity index (χ1v) is 6.07. The lowest BCUT2D eigenvalue weighted by atomic mass is 10.0. The molecular formula is C13H6BrF5. The molecule has 0 fully saturated rings. The molecule has 0 aromatic heterocycles. The zero-order valence-electron chi connectivity index (χ0n) is 9.23. The zero-order chi connectivity index (χ0) is 14.2. The largest absolute Gasteiger partial charge is 0.203 e. The molecule has 0 spiro atoms. The first-order valence-electron chi connectivity index (χ1n) is 5.15. The van der Waals surface area contributed by atoms with Crippen LogP contribution >= 0.6 is 15.9 Å². The van der Waals surface area contributed by atoms with Crippen LogP contribution < -0.4 is 0 Å². The summed E-state index contributed by atoms with van der Waals surface area (Å²) in [4.78, 5) is -1.13. The molecule has 1 atom stereocenters. The van der Waals surface area contributed by atoms with E-state index in [1.807, 2.05) is 0 Å². The molecule has 2 aromatic rings. The SMILES string of the molecule is Fc1c(F)c(F)c(C(Br)c2ccccc2)c(F)c1F. The first-order chi connectivity index (χ1) is 8.95. The minimum Gasteiger partial charge on any atom is -0.203 e. The Balaban J connectivity index is 2.64. The highest BCUT2D eigenvalue weighted by molar-refractivity contribution is 9.09. The average Bonchev–Trinajstić information content (AvgIpc) is 2.44. The molecule has 2 aromatic carbocycles. The molecule has 0 saturated heterocycles. The standard InChI is InChI=1S/C13H6BrF5/c14-8(6-4-2-1-3-5-6)7-9(15)11(17)13(19)12(18)10(7)16/h1-5,8H. The Morgan fingerprint density at radius 2 is 1.11 bits per heavy atom. The second kappa shape index (κ2) is 5.28. The molecular weight excluding hydrogens is 331 g/mol. The van der Waals surface area contributed by atoms with Gasteiger partial charge < -0.3 is 0 Å². The summed E-state index contributed by atoms with van der Waals surface area (Å²) in [6, 6.07) is 7.88. The maximum atomic E-state index is 13.6. The summed E-state index contributed by atoms with van der Waals surface area (Å²) in [5.74, 6) is -9.72. The van der Waals surface area contributed by atoms with E-state index in [-0.39, 0.29) is 0 Å². The molecule has 100 valence electrons. The Morgan fingerprint density at radius 1 is 0.684 bits per heavy atom. The van der Waals surface area contributed by atoms with Crippen molar-refractivity contribution in [1.82, 2.24) is 0 Å². The second-order valence-electron chi connectivity index (χ2n) is 3.76. The van der Waals surface area contributed by atoms with Crippen molar-refractivity contribution in [3.05, 3.63) is 70.5 Å². The van der Waals surface area contributed by atoms with Crippen molar-refractivity contribution in [1.29, 1.82) is 0 Å². The molecule has 0 heterocycles. The lowest BCUT2D eigenvalue weighted by molar-refractivity contribution is 0.371. The molecule has 0 amide bonds. The van der Waals surface area contributed by atoms with E-state index in [1.54, 1.807) is 18.2 Å². The van der Waals surface area contributed by atoms with Gasteiger partial charge in [0.15, 0.2) is 23.3 Å². The number of hydrogen-bond donors (Lipinski definition) is 0. The van der Waals surface area contributed by atoms with Gasteiger partial charge in [-0.1, -0.05) is 46.3 Å². The molecule has 0 saturated carbocycles. The topological polar surface area (TPSA) is 0 Å². The molecule has 0 nitrogen and oxygen atoms in total. The number of halogens is 6. The minimum absolute atomic E-state index is 0.380. The van der Waals surface area contributed by atoms with E-state index in [9.17, 15) is 22.0 Å². The van der Waals surface area contributed by atoms with E-state index in [4.69, 9.17) is 0 Å². The smallest absolute Gasteiger partial charge is 0.200 e. The monoisotopic (exact) mass is 336 g/mol. The van der Waals surface area contributed by atoms with Gasteiger partial charge in [-0.3, -0.25) is 0 Å². The Labute approximate surface area is 114 Å². The number of benzene rings is 2. The van der Waals surface area contributed by atoms with Crippen molar-refractivity contribution < 1.29 is 22.0 Å². The van der Waals surface area contributed by atoms with Gasteiger partial charge in [-0.2, -0.15) is 0 Å². The summed E-state index contributed by atoms with van der Waals surface area (Å²) < 4.78 is 66.3. The number of alkyl halides is 1. The summed E-state index contributed by atoms with van der Waals surface area (Å²) in [6.07, 6.45) is 0. The van der Waals surface area contributed by atoms with Gasteiger partial charge >= 0.3 is 0 Å². The predicted octanol–water partition coefficient (Wildman–Crippen LogP) is 4.87. The third-order valence-corrected chi connectivity index (χ3v) is 3.58. The summed E-state index contributed by atoms with van der Waals surface area (Å²) in [6.45, 7) is 0. The van der Waals surface area contributed by atoms with Crippen LogP contribution in [0.15, 0.2) is 30.3 Å². The van der Waals surface area contributed by atoms with E-state index in [2.05, 4.69) is 15.9 Å². The molecule has 0 aliphatic heterocycles. The van der Waals surface area contributed by atoms with Crippen LogP contribution in [0.4, 0.5) is 22.0 Å². The fraction of sp³-hybridized carbons (Fsp3) is 0.0769. The Kier molecular flexibility index (Phi) is 3.89. The fourth-order valence-electron chi connectivity index (χ4n) is 1.63. The summed E-state index contributed by atoms with van der Waals surface area (Å²) in [5, 5.41) is 0. The molecule has 1 unspecified atom stereocenters. The molecule has 0 aliphatic rings. The van der Waals surface area contributed by atoms with Gasteiger partial charge in [0.1, 0.15) is 0 Å². The van der Waals surface area contributed by atoms with E-state index < -0.39 is 39.5 Å². The minimum atomic E-state index is -2.16. The fourth-order valence-corrected chi connectivity index (χ4v) is 2.34. The molecule has 0 bridgehead atoms. The molecule has 2 rings (SSSR count). The molecule has 0 aliphatic carbocycles. The Bertz CT molecular complexity index is 583.